The molecule has 6 nitrogen and oxygen atoms in total. The molecule has 1 atom stereocenters. The third-order valence-electron chi connectivity index (χ3n) is 3.84. The molecule has 0 bridgehead atoms. The quantitative estimate of drug-likeness (QED) is 0.870. The molecule has 1 N–H and O–H groups in total. The van der Waals surface area contributed by atoms with Crippen LogP contribution in [-0.4, -0.2) is 30.6 Å². The minimum absolute atomic E-state index is 0.0311. The van der Waals surface area contributed by atoms with Crippen LogP contribution in [0, 0.1) is 11.3 Å². The van der Waals surface area contributed by atoms with Gasteiger partial charge < -0.3 is 5.32 Å². The van der Waals surface area contributed by atoms with Gasteiger partial charge in [0.1, 0.15) is 6.07 Å². The van der Waals surface area contributed by atoms with Gasteiger partial charge in [0.05, 0.1) is 24.9 Å². The Morgan fingerprint density at radius 2 is 2.36 bits per heavy atom. The van der Waals surface area contributed by atoms with Crippen molar-refractivity contribution < 1.29 is 9.63 Å². The first-order valence-corrected chi connectivity index (χ1v) is 7.10. The lowest BCUT2D eigenvalue weighted by Crippen LogP contribution is -2.38. The summed E-state index contributed by atoms with van der Waals surface area (Å²) < 4.78 is 0. The van der Waals surface area contributed by atoms with Crippen molar-refractivity contribution in [3.05, 3.63) is 36.2 Å². The molecule has 6 heteroatoms. The molecule has 1 aromatic heterocycles. The number of carbonyl (C=O) groups is 1. The number of nitriles is 1. The summed E-state index contributed by atoms with van der Waals surface area (Å²) in [7, 11) is 1.56. The summed E-state index contributed by atoms with van der Waals surface area (Å²) in [5.41, 5.74) is 1.22. The van der Waals surface area contributed by atoms with E-state index in [1.165, 1.54) is 0 Å². The Kier molecular flexibility index (Phi) is 3.90. The number of hydroxylamine groups is 1. The second-order valence-corrected chi connectivity index (χ2v) is 5.25. The highest BCUT2D eigenvalue weighted by atomic mass is 16.7. The highest BCUT2D eigenvalue weighted by Gasteiger charge is 2.24. The summed E-state index contributed by atoms with van der Waals surface area (Å²) in [6.45, 7) is 0.503. The number of amides is 1. The van der Waals surface area contributed by atoms with Crippen molar-refractivity contribution in [2.24, 2.45) is 0 Å². The normalized spacial score (nSPS) is 17.3. The van der Waals surface area contributed by atoms with Gasteiger partial charge in [0, 0.05) is 30.2 Å². The van der Waals surface area contributed by atoms with Gasteiger partial charge in [-0.15, -0.1) is 0 Å². The molecule has 1 saturated heterocycles. The topological polar surface area (TPSA) is 78.2 Å². The van der Waals surface area contributed by atoms with Crippen molar-refractivity contribution >= 4 is 22.4 Å². The van der Waals surface area contributed by atoms with Crippen molar-refractivity contribution in [1.82, 2.24) is 10.3 Å². The highest BCUT2D eigenvalue weighted by Crippen LogP contribution is 2.27. The van der Waals surface area contributed by atoms with Gasteiger partial charge in [-0.25, -0.2) is 0 Å². The molecule has 0 aliphatic carbocycles. The van der Waals surface area contributed by atoms with E-state index in [1.54, 1.807) is 24.6 Å². The highest BCUT2D eigenvalue weighted by molar-refractivity contribution is 5.87. The molecule has 3 rings (SSSR count). The molecular weight excluding hydrogens is 280 g/mol. The van der Waals surface area contributed by atoms with Gasteiger partial charge in [-0.05, 0) is 30.0 Å². The van der Waals surface area contributed by atoms with Crippen molar-refractivity contribution in [2.45, 2.75) is 18.9 Å². The van der Waals surface area contributed by atoms with Crippen LogP contribution in [0.5, 0.6) is 0 Å². The minimum atomic E-state index is 0.0311. The van der Waals surface area contributed by atoms with Gasteiger partial charge in [-0.2, -0.15) is 5.26 Å². The van der Waals surface area contributed by atoms with E-state index in [4.69, 9.17) is 4.84 Å². The Morgan fingerprint density at radius 1 is 1.50 bits per heavy atom. The van der Waals surface area contributed by atoms with Crippen LogP contribution in [0.4, 0.5) is 5.69 Å². The largest absolute Gasteiger partial charge is 0.351 e. The number of nitrogens with one attached hydrogen (secondary N) is 1. The van der Waals surface area contributed by atoms with Crippen LogP contribution in [-0.2, 0) is 9.63 Å². The molecule has 1 aliphatic rings. The van der Waals surface area contributed by atoms with Crippen LogP contribution in [0.3, 0.4) is 0 Å². The van der Waals surface area contributed by atoms with E-state index in [-0.39, 0.29) is 11.9 Å². The Bertz CT molecular complexity index is 753. The molecule has 2 aromatic rings. The lowest BCUT2D eigenvalue weighted by atomic mass is 10.1. The first-order chi connectivity index (χ1) is 10.7. The zero-order valence-corrected chi connectivity index (χ0v) is 12.2. The predicted octanol–water partition coefficient (Wildman–Crippen LogP) is 1.75. The summed E-state index contributed by atoms with van der Waals surface area (Å²) in [5, 5.41) is 15.9. The monoisotopic (exact) mass is 296 g/mol. The molecule has 1 amide bonds. The number of rotatable bonds is 4. The predicted molar refractivity (Wildman–Crippen MR) is 82.0 cm³/mol. The Balaban J connectivity index is 1.95. The van der Waals surface area contributed by atoms with Gasteiger partial charge in [0.25, 0.3) is 0 Å². The fraction of sp³-hybridized carbons (Fsp3) is 0.312. The second-order valence-electron chi connectivity index (χ2n) is 5.25. The van der Waals surface area contributed by atoms with Gasteiger partial charge >= 0.3 is 0 Å². The molecule has 112 valence electrons. The number of hydrogen-bond acceptors (Lipinski definition) is 5. The number of hydrogen-bond donors (Lipinski definition) is 1. The van der Waals surface area contributed by atoms with E-state index in [1.807, 2.05) is 18.2 Å². The van der Waals surface area contributed by atoms with E-state index in [0.717, 1.165) is 17.2 Å². The fourth-order valence-corrected chi connectivity index (χ4v) is 2.71. The van der Waals surface area contributed by atoms with E-state index in [0.29, 0.717) is 24.2 Å². The van der Waals surface area contributed by atoms with Crippen LogP contribution in [0.1, 0.15) is 18.4 Å². The van der Waals surface area contributed by atoms with Gasteiger partial charge in [0.15, 0.2) is 0 Å². The zero-order chi connectivity index (χ0) is 15.5. The van der Waals surface area contributed by atoms with Crippen molar-refractivity contribution in [2.75, 3.05) is 18.7 Å². The van der Waals surface area contributed by atoms with Crippen LogP contribution >= 0.6 is 0 Å². The van der Waals surface area contributed by atoms with Gasteiger partial charge in [-0.3, -0.25) is 19.7 Å². The number of carbonyl (C=O) groups excluding carboxylic acids is 1. The molecular formula is C16H16N4O2. The smallest absolute Gasteiger partial charge is 0.220 e. The fourth-order valence-electron chi connectivity index (χ4n) is 2.71. The summed E-state index contributed by atoms with van der Waals surface area (Å²) >= 11 is 0. The summed E-state index contributed by atoms with van der Waals surface area (Å²) in [6.07, 6.45) is 4.77. The summed E-state index contributed by atoms with van der Waals surface area (Å²) in [4.78, 5) is 20.9. The number of fused-ring (bicyclic) bond motifs is 1. The van der Waals surface area contributed by atoms with E-state index in [2.05, 4.69) is 16.4 Å². The number of anilines is 1. The number of benzene rings is 1. The first kappa shape index (κ1) is 14.3. The Morgan fingerprint density at radius 3 is 3.05 bits per heavy atom. The molecule has 1 aromatic carbocycles. The SMILES string of the molecule is CON(C[C@@H]1CCC(=O)N1)c1cc2cnccc2cc1C#N. The van der Waals surface area contributed by atoms with Crippen LogP contribution < -0.4 is 10.4 Å². The number of aromatic nitrogens is 1. The molecule has 1 fully saturated rings. The lowest BCUT2D eigenvalue weighted by molar-refractivity contribution is -0.119. The van der Waals surface area contributed by atoms with Crippen LogP contribution in [0.25, 0.3) is 10.8 Å². The van der Waals surface area contributed by atoms with Crippen LogP contribution in [0.15, 0.2) is 30.6 Å². The van der Waals surface area contributed by atoms with Crippen molar-refractivity contribution in [3.8, 4) is 6.07 Å². The third kappa shape index (κ3) is 2.71. The maximum Gasteiger partial charge on any atom is 0.220 e. The molecule has 1 aliphatic heterocycles. The lowest BCUT2D eigenvalue weighted by Gasteiger charge is -2.26. The van der Waals surface area contributed by atoms with E-state index in [9.17, 15) is 10.1 Å². The third-order valence-corrected chi connectivity index (χ3v) is 3.84. The van der Waals surface area contributed by atoms with E-state index < -0.39 is 0 Å². The van der Waals surface area contributed by atoms with E-state index >= 15 is 0 Å². The standard InChI is InChI=1S/C16H16N4O2/c1-22-20(10-14-2-3-16(21)19-14)15-7-13-9-18-5-4-11(13)6-12(15)8-17/h4-7,9,14H,2-3,10H2,1H3,(H,19,21)/t14-/m0/s1. The average Bonchev–Trinajstić information content (AvgIpc) is 2.96. The molecule has 0 unspecified atom stereocenters. The maximum atomic E-state index is 11.3. The summed E-state index contributed by atoms with van der Waals surface area (Å²) in [5.74, 6) is 0.0595. The summed E-state index contributed by atoms with van der Waals surface area (Å²) in [6, 6.07) is 7.82. The molecule has 0 saturated carbocycles. The zero-order valence-electron chi connectivity index (χ0n) is 12.2. The molecule has 0 radical (unpaired) electrons. The number of nitrogens with zero attached hydrogens (tertiary/aromatic N) is 3. The van der Waals surface area contributed by atoms with Gasteiger partial charge in [-0.1, -0.05) is 0 Å². The molecule has 0 spiro atoms. The average molecular weight is 296 g/mol. The maximum absolute atomic E-state index is 11.3. The Labute approximate surface area is 128 Å². The Hall–Kier alpha value is -2.65. The van der Waals surface area contributed by atoms with Gasteiger partial charge in [0.2, 0.25) is 5.91 Å². The number of pyridine rings is 1. The van der Waals surface area contributed by atoms with Crippen molar-refractivity contribution in [3.63, 3.8) is 0 Å². The second kappa shape index (κ2) is 6.00. The molecule has 22 heavy (non-hydrogen) atoms. The minimum Gasteiger partial charge on any atom is -0.351 e. The van der Waals surface area contributed by atoms with Crippen molar-refractivity contribution in [1.29, 1.82) is 5.26 Å². The van der Waals surface area contributed by atoms with Crippen LogP contribution in [0.2, 0.25) is 0 Å². The molecule has 2 heterocycles. The first-order valence-electron chi connectivity index (χ1n) is 7.10.